The minimum atomic E-state index is -3.81. The van der Waals surface area contributed by atoms with E-state index in [1.807, 2.05) is 13.8 Å². The summed E-state index contributed by atoms with van der Waals surface area (Å²) in [6.07, 6.45) is 6.94. The SMILES string of the molecule is Cc1ccc(S(=O)(=O)N[C@H]2COC(=O)C/C=C\[C@@H](C)COC(=O)C/C=C\[C@@H]2C)cc1. The maximum Gasteiger partial charge on any atom is 0.309 e. The smallest absolute Gasteiger partial charge is 0.309 e. The number of aryl methyl sites for hydroxylation is 1. The zero-order valence-electron chi connectivity index (χ0n) is 17.5. The highest BCUT2D eigenvalue weighted by Gasteiger charge is 2.25. The summed E-state index contributed by atoms with van der Waals surface area (Å²) >= 11 is 0. The lowest BCUT2D eigenvalue weighted by Crippen LogP contribution is -2.42. The minimum absolute atomic E-state index is 0.0242. The van der Waals surface area contributed by atoms with Crippen molar-refractivity contribution < 1.29 is 27.5 Å². The van der Waals surface area contributed by atoms with E-state index in [1.165, 1.54) is 12.1 Å². The third kappa shape index (κ3) is 7.76. The molecule has 0 radical (unpaired) electrons. The van der Waals surface area contributed by atoms with Crippen LogP contribution in [0.15, 0.2) is 53.5 Å². The van der Waals surface area contributed by atoms with Gasteiger partial charge in [-0.05, 0) is 25.0 Å². The number of hydrogen-bond donors (Lipinski definition) is 1. The van der Waals surface area contributed by atoms with Gasteiger partial charge in [0.2, 0.25) is 10.0 Å². The minimum Gasteiger partial charge on any atom is -0.465 e. The van der Waals surface area contributed by atoms with Crippen molar-refractivity contribution in [1.29, 1.82) is 0 Å². The molecule has 0 aliphatic carbocycles. The van der Waals surface area contributed by atoms with Crippen LogP contribution in [0.1, 0.15) is 32.3 Å². The zero-order valence-corrected chi connectivity index (χ0v) is 18.4. The van der Waals surface area contributed by atoms with Crippen molar-refractivity contribution in [2.24, 2.45) is 11.8 Å². The average Bonchev–Trinajstić information content (AvgIpc) is 2.69. The Morgan fingerprint density at radius 1 is 0.900 bits per heavy atom. The molecule has 0 unspecified atom stereocenters. The van der Waals surface area contributed by atoms with E-state index in [4.69, 9.17) is 9.47 Å². The first-order valence-corrected chi connectivity index (χ1v) is 11.4. The molecule has 2 rings (SSSR count). The van der Waals surface area contributed by atoms with Crippen LogP contribution in [0.5, 0.6) is 0 Å². The van der Waals surface area contributed by atoms with Gasteiger partial charge in [0, 0.05) is 5.92 Å². The summed E-state index contributed by atoms with van der Waals surface area (Å²) in [6, 6.07) is 5.79. The number of carbonyl (C=O) groups is 2. The number of ether oxygens (including phenoxy) is 2. The fourth-order valence-electron chi connectivity index (χ4n) is 2.77. The number of benzene rings is 1. The first kappa shape index (κ1) is 23.8. The Balaban J connectivity index is 2.19. The van der Waals surface area contributed by atoms with Crippen LogP contribution >= 0.6 is 0 Å². The molecule has 0 fully saturated rings. The van der Waals surface area contributed by atoms with Crippen LogP contribution in [0.4, 0.5) is 0 Å². The first-order chi connectivity index (χ1) is 14.2. The normalized spacial score (nSPS) is 26.6. The molecule has 0 amide bonds. The maximum absolute atomic E-state index is 12.8. The second-order valence-corrected chi connectivity index (χ2v) is 9.22. The van der Waals surface area contributed by atoms with Crippen LogP contribution in [0.25, 0.3) is 0 Å². The van der Waals surface area contributed by atoms with Crippen molar-refractivity contribution in [3.8, 4) is 0 Å². The summed E-state index contributed by atoms with van der Waals surface area (Å²) in [5.74, 6) is -1.17. The molecule has 1 aliphatic heterocycles. The predicted octanol–water partition coefficient (Wildman–Crippen LogP) is 2.91. The number of sulfonamides is 1. The van der Waals surface area contributed by atoms with Crippen LogP contribution in [0, 0.1) is 18.8 Å². The lowest BCUT2D eigenvalue weighted by atomic mass is 10.0. The molecular weight excluding hydrogens is 406 g/mol. The van der Waals surface area contributed by atoms with Crippen molar-refractivity contribution in [1.82, 2.24) is 4.72 Å². The molecular formula is C22H29NO6S. The van der Waals surface area contributed by atoms with Crippen molar-refractivity contribution in [3.05, 3.63) is 54.1 Å². The Kier molecular flexibility index (Phi) is 8.80. The van der Waals surface area contributed by atoms with E-state index < -0.39 is 22.0 Å². The summed E-state index contributed by atoms with van der Waals surface area (Å²) < 4.78 is 38.7. The number of cyclic esters (lactones) is 2. The highest BCUT2D eigenvalue weighted by atomic mass is 32.2. The summed E-state index contributed by atoms with van der Waals surface area (Å²) in [4.78, 5) is 24.0. The quantitative estimate of drug-likeness (QED) is 0.579. The molecule has 164 valence electrons. The van der Waals surface area contributed by atoms with E-state index in [9.17, 15) is 18.0 Å². The Morgan fingerprint density at radius 3 is 2.10 bits per heavy atom. The second kappa shape index (κ2) is 11.1. The highest BCUT2D eigenvalue weighted by Crippen LogP contribution is 2.15. The molecule has 0 saturated carbocycles. The van der Waals surface area contributed by atoms with E-state index in [0.29, 0.717) is 0 Å². The first-order valence-electron chi connectivity index (χ1n) is 9.91. The fraction of sp³-hybridized carbons (Fsp3) is 0.455. The van der Waals surface area contributed by atoms with Crippen molar-refractivity contribution in [3.63, 3.8) is 0 Å². The number of rotatable bonds is 3. The van der Waals surface area contributed by atoms with Crippen LogP contribution < -0.4 is 4.72 Å². The average molecular weight is 436 g/mol. The van der Waals surface area contributed by atoms with Gasteiger partial charge < -0.3 is 9.47 Å². The van der Waals surface area contributed by atoms with Crippen molar-refractivity contribution >= 4 is 22.0 Å². The third-order valence-corrected chi connectivity index (χ3v) is 6.18. The van der Waals surface area contributed by atoms with Crippen LogP contribution in [0.2, 0.25) is 0 Å². The van der Waals surface area contributed by atoms with Gasteiger partial charge in [-0.1, -0.05) is 55.8 Å². The molecule has 1 heterocycles. The van der Waals surface area contributed by atoms with E-state index in [1.54, 1.807) is 43.4 Å². The van der Waals surface area contributed by atoms with Crippen LogP contribution in [0.3, 0.4) is 0 Å². The Bertz CT molecular complexity index is 889. The Labute approximate surface area is 178 Å². The summed E-state index contributed by atoms with van der Waals surface area (Å²) in [5, 5.41) is 0. The van der Waals surface area contributed by atoms with E-state index >= 15 is 0 Å². The lowest BCUT2D eigenvalue weighted by Gasteiger charge is -2.23. The Hall–Kier alpha value is -2.45. The zero-order chi connectivity index (χ0) is 22.1. The molecule has 1 aromatic rings. The molecule has 7 nitrogen and oxygen atoms in total. The van der Waals surface area contributed by atoms with Crippen LogP contribution in [-0.2, 0) is 29.1 Å². The molecule has 1 aliphatic rings. The van der Waals surface area contributed by atoms with Crippen molar-refractivity contribution in [2.75, 3.05) is 13.2 Å². The monoisotopic (exact) mass is 435 g/mol. The number of carbonyl (C=O) groups excluding carboxylic acids is 2. The molecule has 0 saturated heterocycles. The number of hydrogen-bond acceptors (Lipinski definition) is 6. The summed E-state index contributed by atoms with van der Waals surface area (Å²) in [6.45, 7) is 5.64. The summed E-state index contributed by atoms with van der Waals surface area (Å²) in [5.41, 5.74) is 0.947. The molecule has 0 bridgehead atoms. The fourth-order valence-corrected chi connectivity index (χ4v) is 4.08. The van der Waals surface area contributed by atoms with Gasteiger partial charge in [0.15, 0.2) is 0 Å². The summed E-state index contributed by atoms with van der Waals surface area (Å²) in [7, 11) is -3.81. The largest absolute Gasteiger partial charge is 0.465 e. The molecule has 0 spiro atoms. The van der Waals surface area contributed by atoms with Gasteiger partial charge in [-0.15, -0.1) is 0 Å². The Morgan fingerprint density at radius 2 is 1.47 bits per heavy atom. The van der Waals surface area contributed by atoms with Gasteiger partial charge in [0.1, 0.15) is 6.61 Å². The van der Waals surface area contributed by atoms with Gasteiger partial charge >= 0.3 is 11.9 Å². The van der Waals surface area contributed by atoms with Gasteiger partial charge in [0.05, 0.1) is 30.4 Å². The molecule has 3 atom stereocenters. The topological polar surface area (TPSA) is 98.8 Å². The van der Waals surface area contributed by atoms with Gasteiger partial charge in [-0.25, -0.2) is 13.1 Å². The lowest BCUT2D eigenvalue weighted by molar-refractivity contribution is -0.144. The maximum atomic E-state index is 12.8. The number of nitrogens with one attached hydrogen (secondary N) is 1. The van der Waals surface area contributed by atoms with Gasteiger partial charge in [-0.2, -0.15) is 0 Å². The van der Waals surface area contributed by atoms with E-state index in [0.717, 1.165) is 5.56 Å². The third-order valence-electron chi connectivity index (χ3n) is 4.68. The van der Waals surface area contributed by atoms with E-state index in [-0.39, 0.29) is 48.8 Å². The molecule has 8 heteroatoms. The van der Waals surface area contributed by atoms with E-state index in [2.05, 4.69) is 4.72 Å². The highest BCUT2D eigenvalue weighted by molar-refractivity contribution is 7.89. The molecule has 0 aromatic heterocycles. The van der Waals surface area contributed by atoms with Gasteiger partial charge in [-0.3, -0.25) is 9.59 Å². The predicted molar refractivity (Wildman–Crippen MR) is 113 cm³/mol. The van der Waals surface area contributed by atoms with Crippen molar-refractivity contribution in [2.45, 2.75) is 44.6 Å². The molecule has 1 aromatic carbocycles. The number of esters is 2. The van der Waals surface area contributed by atoms with Gasteiger partial charge in [0.25, 0.3) is 0 Å². The second-order valence-electron chi connectivity index (χ2n) is 7.51. The molecule has 30 heavy (non-hydrogen) atoms. The van der Waals surface area contributed by atoms with Crippen LogP contribution in [-0.4, -0.2) is 39.6 Å². The standard InChI is InChI=1S/C22H29NO6S/c1-16-10-12-19(13-11-16)30(26,27)23-20-15-29-22(25)8-4-6-17(2)14-28-21(24)9-5-7-18(20)3/h4-7,10-13,17-18,20,23H,8-9,14-15H2,1-3H3/b6-4-,7-5-/t17-,18+,20+/m1/s1. The molecule has 1 N–H and O–H groups in total.